The second-order valence-electron chi connectivity index (χ2n) is 3.25. The SMILES string of the molecule is CC(N)CCc1ccc(Br)cc1F. The van der Waals surface area contributed by atoms with Crippen LogP contribution in [0.15, 0.2) is 22.7 Å². The first-order chi connectivity index (χ1) is 6.09. The average molecular weight is 246 g/mol. The van der Waals surface area contributed by atoms with E-state index >= 15 is 0 Å². The number of benzene rings is 1. The van der Waals surface area contributed by atoms with Gasteiger partial charge in [0.2, 0.25) is 0 Å². The smallest absolute Gasteiger partial charge is 0.127 e. The summed E-state index contributed by atoms with van der Waals surface area (Å²) in [4.78, 5) is 0. The van der Waals surface area contributed by atoms with E-state index in [9.17, 15) is 4.39 Å². The van der Waals surface area contributed by atoms with Crippen LogP contribution in [0.25, 0.3) is 0 Å². The summed E-state index contributed by atoms with van der Waals surface area (Å²) in [6.45, 7) is 1.93. The first kappa shape index (κ1) is 10.7. The van der Waals surface area contributed by atoms with E-state index < -0.39 is 0 Å². The first-order valence-electron chi connectivity index (χ1n) is 4.29. The fourth-order valence-electron chi connectivity index (χ4n) is 1.11. The van der Waals surface area contributed by atoms with Crippen molar-refractivity contribution in [2.24, 2.45) is 5.73 Å². The van der Waals surface area contributed by atoms with Gasteiger partial charge >= 0.3 is 0 Å². The second kappa shape index (κ2) is 4.72. The van der Waals surface area contributed by atoms with Gasteiger partial charge in [0, 0.05) is 10.5 Å². The number of hydrogen-bond donors (Lipinski definition) is 1. The summed E-state index contributed by atoms with van der Waals surface area (Å²) >= 11 is 3.21. The summed E-state index contributed by atoms with van der Waals surface area (Å²) in [6, 6.07) is 5.25. The Morgan fingerprint density at radius 1 is 1.54 bits per heavy atom. The van der Waals surface area contributed by atoms with E-state index in [1.807, 2.05) is 13.0 Å². The van der Waals surface area contributed by atoms with E-state index in [2.05, 4.69) is 15.9 Å². The van der Waals surface area contributed by atoms with Gasteiger partial charge in [-0.15, -0.1) is 0 Å². The molecular weight excluding hydrogens is 233 g/mol. The second-order valence-corrected chi connectivity index (χ2v) is 4.17. The third-order valence-electron chi connectivity index (χ3n) is 1.88. The van der Waals surface area contributed by atoms with Gasteiger partial charge in [-0.3, -0.25) is 0 Å². The normalized spacial score (nSPS) is 12.9. The number of aryl methyl sites for hydroxylation is 1. The van der Waals surface area contributed by atoms with Crippen molar-refractivity contribution in [1.29, 1.82) is 0 Å². The van der Waals surface area contributed by atoms with E-state index in [0.717, 1.165) is 16.5 Å². The van der Waals surface area contributed by atoms with Gasteiger partial charge in [-0.05, 0) is 37.5 Å². The molecule has 3 heteroatoms. The zero-order valence-corrected chi connectivity index (χ0v) is 9.14. The molecular formula is C10H13BrFN. The minimum absolute atomic E-state index is 0.128. The lowest BCUT2D eigenvalue weighted by molar-refractivity contribution is 0.590. The summed E-state index contributed by atoms with van der Waals surface area (Å²) < 4.78 is 14.0. The molecule has 1 unspecified atom stereocenters. The largest absolute Gasteiger partial charge is 0.328 e. The van der Waals surface area contributed by atoms with Crippen molar-refractivity contribution in [3.8, 4) is 0 Å². The molecule has 0 aliphatic carbocycles. The van der Waals surface area contributed by atoms with Crippen LogP contribution < -0.4 is 5.73 Å². The molecule has 1 atom stereocenters. The van der Waals surface area contributed by atoms with Gasteiger partial charge in [0.1, 0.15) is 5.82 Å². The molecule has 0 bridgehead atoms. The van der Waals surface area contributed by atoms with Crippen LogP contribution in [0.5, 0.6) is 0 Å². The summed E-state index contributed by atoms with van der Waals surface area (Å²) in [5, 5.41) is 0. The highest BCUT2D eigenvalue weighted by molar-refractivity contribution is 9.10. The van der Waals surface area contributed by atoms with Crippen molar-refractivity contribution in [2.75, 3.05) is 0 Å². The van der Waals surface area contributed by atoms with Gasteiger partial charge in [0.25, 0.3) is 0 Å². The predicted octanol–water partition coefficient (Wildman–Crippen LogP) is 2.87. The maximum Gasteiger partial charge on any atom is 0.127 e. The number of nitrogens with two attached hydrogens (primary N) is 1. The summed E-state index contributed by atoms with van der Waals surface area (Å²) in [5.41, 5.74) is 6.33. The van der Waals surface area contributed by atoms with Crippen molar-refractivity contribution < 1.29 is 4.39 Å². The fraction of sp³-hybridized carbons (Fsp3) is 0.400. The van der Waals surface area contributed by atoms with E-state index in [-0.39, 0.29) is 11.9 Å². The van der Waals surface area contributed by atoms with E-state index in [1.165, 1.54) is 6.07 Å². The third-order valence-corrected chi connectivity index (χ3v) is 2.38. The van der Waals surface area contributed by atoms with Crippen LogP contribution >= 0.6 is 15.9 Å². The Labute approximate surface area is 86.3 Å². The molecule has 1 rings (SSSR count). The fourth-order valence-corrected chi connectivity index (χ4v) is 1.44. The summed E-state index contributed by atoms with van der Waals surface area (Å²) in [6.07, 6.45) is 1.52. The maximum absolute atomic E-state index is 13.2. The lowest BCUT2D eigenvalue weighted by Crippen LogP contribution is -2.15. The molecule has 0 aliphatic heterocycles. The van der Waals surface area contributed by atoms with Crippen molar-refractivity contribution in [3.05, 3.63) is 34.1 Å². The van der Waals surface area contributed by atoms with Crippen LogP contribution in [0.3, 0.4) is 0 Å². The van der Waals surface area contributed by atoms with E-state index in [0.29, 0.717) is 6.42 Å². The standard InChI is InChI=1S/C10H13BrFN/c1-7(13)2-3-8-4-5-9(11)6-10(8)12/h4-7H,2-3,13H2,1H3. The van der Waals surface area contributed by atoms with Crippen LogP contribution in [-0.4, -0.2) is 6.04 Å². The molecule has 1 aromatic carbocycles. The molecule has 1 nitrogen and oxygen atoms in total. The molecule has 72 valence electrons. The van der Waals surface area contributed by atoms with Crippen LogP contribution in [0, 0.1) is 5.82 Å². The Morgan fingerprint density at radius 2 is 2.23 bits per heavy atom. The molecule has 0 saturated heterocycles. The molecule has 0 spiro atoms. The molecule has 2 N–H and O–H groups in total. The molecule has 0 aliphatic rings. The zero-order chi connectivity index (χ0) is 9.84. The van der Waals surface area contributed by atoms with Crippen LogP contribution in [0.4, 0.5) is 4.39 Å². The van der Waals surface area contributed by atoms with Gasteiger partial charge in [-0.1, -0.05) is 22.0 Å². The van der Waals surface area contributed by atoms with E-state index in [4.69, 9.17) is 5.73 Å². The number of rotatable bonds is 3. The topological polar surface area (TPSA) is 26.0 Å². The molecule has 0 radical (unpaired) electrons. The molecule has 0 aromatic heterocycles. The monoisotopic (exact) mass is 245 g/mol. The maximum atomic E-state index is 13.2. The van der Waals surface area contributed by atoms with Gasteiger partial charge < -0.3 is 5.73 Å². The minimum Gasteiger partial charge on any atom is -0.328 e. The van der Waals surface area contributed by atoms with Crippen LogP contribution in [0.2, 0.25) is 0 Å². The highest BCUT2D eigenvalue weighted by atomic mass is 79.9. The Kier molecular flexibility index (Phi) is 3.88. The van der Waals surface area contributed by atoms with Gasteiger partial charge in [0.05, 0.1) is 0 Å². The van der Waals surface area contributed by atoms with Crippen LogP contribution in [-0.2, 0) is 6.42 Å². The molecule has 1 aromatic rings. The first-order valence-corrected chi connectivity index (χ1v) is 5.08. The van der Waals surface area contributed by atoms with Gasteiger partial charge in [0.15, 0.2) is 0 Å². The summed E-state index contributed by atoms with van der Waals surface area (Å²) in [7, 11) is 0. The van der Waals surface area contributed by atoms with Crippen molar-refractivity contribution in [2.45, 2.75) is 25.8 Å². The average Bonchev–Trinajstić information content (AvgIpc) is 2.02. The highest BCUT2D eigenvalue weighted by Crippen LogP contribution is 2.16. The Morgan fingerprint density at radius 3 is 2.77 bits per heavy atom. The number of halogens is 2. The Bertz CT molecular complexity index is 286. The molecule has 0 heterocycles. The van der Waals surface area contributed by atoms with Gasteiger partial charge in [-0.2, -0.15) is 0 Å². The summed E-state index contributed by atoms with van der Waals surface area (Å²) in [5.74, 6) is -0.157. The third kappa shape index (κ3) is 3.44. The van der Waals surface area contributed by atoms with Gasteiger partial charge in [-0.25, -0.2) is 4.39 Å². The van der Waals surface area contributed by atoms with E-state index in [1.54, 1.807) is 6.07 Å². The van der Waals surface area contributed by atoms with Crippen molar-refractivity contribution >= 4 is 15.9 Å². The highest BCUT2D eigenvalue weighted by Gasteiger charge is 2.03. The zero-order valence-electron chi connectivity index (χ0n) is 7.56. The quantitative estimate of drug-likeness (QED) is 0.871. The van der Waals surface area contributed by atoms with Crippen LogP contribution in [0.1, 0.15) is 18.9 Å². The predicted molar refractivity (Wildman–Crippen MR) is 56.1 cm³/mol. The molecule has 0 fully saturated rings. The Balaban J connectivity index is 2.67. The minimum atomic E-state index is -0.157. The lowest BCUT2D eigenvalue weighted by atomic mass is 10.1. The molecule has 0 saturated carbocycles. The van der Waals surface area contributed by atoms with Crippen molar-refractivity contribution in [1.82, 2.24) is 0 Å². The number of hydrogen-bond acceptors (Lipinski definition) is 1. The van der Waals surface area contributed by atoms with Crippen molar-refractivity contribution in [3.63, 3.8) is 0 Å². The molecule has 0 amide bonds. The lowest BCUT2D eigenvalue weighted by Gasteiger charge is -2.05. The Hall–Kier alpha value is -0.410. The molecule has 13 heavy (non-hydrogen) atoms.